The summed E-state index contributed by atoms with van der Waals surface area (Å²) in [5.41, 5.74) is 6.77. The van der Waals surface area contributed by atoms with E-state index in [-0.39, 0.29) is 0 Å². The monoisotopic (exact) mass is 446 g/mol. The lowest BCUT2D eigenvalue weighted by Crippen LogP contribution is -2.12. The van der Waals surface area contributed by atoms with Gasteiger partial charge in [-0.1, -0.05) is 30.3 Å². The topological polar surface area (TPSA) is 54.1 Å². The molecule has 3 aromatic carbocycles. The first kappa shape index (κ1) is 19.2. The van der Waals surface area contributed by atoms with E-state index in [2.05, 4.69) is 59.1 Å². The summed E-state index contributed by atoms with van der Waals surface area (Å²) >= 11 is 0. The predicted molar refractivity (Wildman–Crippen MR) is 130 cm³/mol. The Hall–Kier alpha value is -4.32. The van der Waals surface area contributed by atoms with E-state index in [0.717, 1.165) is 58.7 Å². The third-order valence-electron chi connectivity index (χ3n) is 6.64. The van der Waals surface area contributed by atoms with Gasteiger partial charge in [0.1, 0.15) is 28.9 Å². The van der Waals surface area contributed by atoms with Crippen molar-refractivity contribution in [2.24, 2.45) is 0 Å². The van der Waals surface area contributed by atoms with Gasteiger partial charge < -0.3 is 14.0 Å². The summed E-state index contributed by atoms with van der Waals surface area (Å²) in [7, 11) is 0. The molecule has 0 aliphatic carbocycles. The summed E-state index contributed by atoms with van der Waals surface area (Å²) in [6, 6.07) is 20.6. The maximum atomic E-state index is 6.30. The van der Waals surface area contributed by atoms with Crippen molar-refractivity contribution in [3.63, 3.8) is 0 Å². The molecule has 2 aromatic heterocycles. The molecule has 0 atom stereocenters. The average molecular weight is 447 g/mol. The number of fused-ring (bicyclic) bond motifs is 6. The van der Waals surface area contributed by atoms with E-state index < -0.39 is 0 Å². The van der Waals surface area contributed by atoms with E-state index in [1.807, 2.05) is 35.0 Å². The number of hydrogen-bond acceptors (Lipinski definition) is 4. The number of benzene rings is 3. The van der Waals surface area contributed by atoms with Gasteiger partial charge in [0.25, 0.3) is 0 Å². The normalized spacial score (nSPS) is 13.3. The number of aryl methyl sites for hydroxylation is 3. The molecule has 0 bridgehead atoms. The largest absolute Gasteiger partial charge is 0.472 e. The Labute approximate surface area is 197 Å². The molecular formula is C28H22N4O2. The fourth-order valence-electron chi connectivity index (χ4n) is 4.88. The zero-order valence-electron chi connectivity index (χ0n) is 18.7. The van der Waals surface area contributed by atoms with Gasteiger partial charge in [-0.2, -0.15) is 0 Å². The van der Waals surface area contributed by atoms with Gasteiger partial charge in [-0.05, 0) is 54.8 Å². The Balaban J connectivity index is 1.24. The minimum absolute atomic E-state index is 0.477. The summed E-state index contributed by atoms with van der Waals surface area (Å²) < 4.78 is 16.4. The highest BCUT2D eigenvalue weighted by molar-refractivity contribution is 5.72. The van der Waals surface area contributed by atoms with Gasteiger partial charge in [-0.15, -0.1) is 0 Å². The van der Waals surface area contributed by atoms with Crippen molar-refractivity contribution in [2.75, 3.05) is 0 Å². The molecule has 166 valence electrons. The van der Waals surface area contributed by atoms with Crippen LogP contribution in [0.1, 0.15) is 11.1 Å². The van der Waals surface area contributed by atoms with Crippen LogP contribution in [0.4, 0.5) is 0 Å². The van der Waals surface area contributed by atoms with Crippen molar-refractivity contribution >= 4 is 0 Å². The summed E-state index contributed by atoms with van der Waals surface area (Å²) in [4.78, 5) is 9.51. The second kappa shape index (κ2) is 7.35. The standard InChI is InChI=1S/C28H22N4O2/c1-18-4-2-3-5-22(18)25-16-31-12-10-19-6-7-20(14-23(19)28(31)30-25)34-21-8-9-26-24(15-21)27-29-11-13-32(27)17-33-26/h2-9,11,13-16H,10,12,17H2,1H3. The molecule has 6 nitrogen and oxygen atoms in total. The summed E-state index contributed by atoms with van der Waals surface area (Å²) in [6.45, 7) is 3.53. The minimum atomic E-state index is 0.477. The number of nitrogens with zero attached hydrogens (tertiary/aromatic N) is 4. The molecule has 6 heteroatoms. The van der Waals surface area contributed by atoms with Crippen molar-refractivity contribution in [3.05, 3.63) is 90.4 Å². The first-order chi connectivity index (χ1) is 16.7. The predicted octanol–water partition coefficient (Wildman–Crippen LogP) is 6.09. The third-order valence-corrected chi connectivity index (χ3v) is 6.64. The van der Waals surface area contributed by atoms with Crippen molar-refractivity contribution in [1.82, 2.24) is 19.1 Å². The fraction of sp³-hybridized carbons (Fsp3) is 0.143. The van der Waals surface area contributed by atoms with E-state index in [4.69, 9.17) is 14.5 Å². The molecule has 7 rings (SSSR count). The average Bonchev–Trinajstić information content (AvgIpc) is 3.52. The molecule has 4 heterocycles. The quantitative estimate of drug-likeness (QED) is 0.337. The maximum absolute atomic E-state index is 6.30. The highest BCUT2D eigenvalue weighted by Gasteiger charge is 2.22. The van der Waals surface area contributed by atoms with Crippen LogP contribution in [-0.2, 0) is 19.7 Å². The number of rotatable bonds is 3. The molecule has 0 radical (unpaired) electrons. The van der Waals surface area contributed by atoms with Gasteiger partial charge in [0.2, 0.25) is 0 Å². The second-order valence-corrected chi connectivity index (χ2v) is 8.78. The van der Waals surface area contributed by atoms with E-state index in [0.29, 0.717) is 6.73 Å². The fourth-order valence-corrected chi connectivity index (χ4v) is 4.88. The molecule has 0 spiro atoms. The lowest BCUT2D eigenvalue weighted by molar-refractivity contribution is 0.229. The van der Waals surface area contributed by atoms with E-state index >= 15 is 0 Å². The van der Waals surface area contributed by atoms with Crippen LogP contribution in [-0.4, -0.2) is 19.1 Å². The van der Waals surface area contributed by atoms with Crippen molar-refractivity contribution < 1.29 is 9.47 Å². The van der Waals surface area contributed by atoms with Gasteiger partial charge in [-0.25, -0.2) is 9.97 Å². The van der Waals surface area contributed by atoms with Crippen molar-refractivity contribution in [1.29, 1.82) is 0 Å². The molecule has 0 unspecified atom stereocenters. The molecule has 0 saturated heterocycles. The van der Waals surface area contributed by atoms with Crippen LogP contribution in [0.25, 0.3) is 34.0 Å². The Bertz CT molecular complexity index is 1560. The van der Waals surface area contributed by atoms with E-state index in [1.54, 1.807) is 6.20 Å². The maximum Gasteiger partial charge on any atom is 0.166 e. The van der Waals surface area contributed by atoms with Crippen LogP contribution in [0, 0.1) is 6.92 Å². The smallest absolute Gasteiger partial charge is 0.166 e. The van der Waals surface area contributed by atoms with Crippen molar-refractivity contribution in [3.8, 4) is 51.3 Å². The van der Waals surface area contributed by atoms with E-state index in [1.165, 1.54) is 16.7 Å². The summed E-state index contributed by atoms with van der Waals surface area (Å²) in [5, 5.41) is 0. The minimum Gasteiger partial charge on any atom is -0.472 e. The Kier molecular flexibility index (Phi) is 4.15. The van der Waals surface area contributed by atoms with Crippen LogP contribution in [0.2, 0.25) is 0 Å². The van der Waals surface area contributed by atoms with Crippen LogP contribution in [0.5, 0.6) is 17.2 Å². The molecule has 0 saturated carbocycles. The number of ether oxygens (including phenoxy) is 2. The number of imidazole rings is 2. The van der Waals surface area contributed by atoms with Gasteiger partial charge in [0, 0.05) is 36.3 Å². The first-order valence-corrected chi connectivity index (χ1v) is 11.5. The molecule has 2 aliphatic rings. The van der Waals surface area contributed by atoms with Gasteiger partial charge in [0.15, 0.2) is 6.73 Å². The Morgan fingerprint density at radius 2 is 1.74 bits per heavy atom. The lowest BCUT2D eigenvalue weighted by Gasteiger charge is -2.20. The molecule has 0 fully saturated rings. The molecule has 2 aliphatic heterocycles. The van der Waals surface area contributed by atoms with Crippen LogP contribution < -0.4 is 9.47 Å². The lowest BCUT2D eigenvalue weighted by atomic mass is 10.0. The summed E-state index contributed by atoms with van der Waals surface area (Å²) in [5.74, 6) is 4.24. The molecule has 5 aromatic rings. The third kappa shape index (κ3) is 3.03. The molecule has 34 heavy (non-hydrogen) atoms. The SMILES string of the molecule is Cc1ccccc1-c1cn2c(n1)-c1cc(Oc3ccc4c(c3)-c3nccn3CO4)ccc1CC2. The molecule has 0 N–H and O–H groups in total. The van der Waals surface area contributed by atoms with E-state index in [9.17, 15) is 0 Å². The Morgan fingerprint density at radius 3 is 2.65 bits per heavy atom. The van der Waals surface area contributed by atoms with Gasteiger partial charge in [0.05, 0.1) is 11.3 Å². The van der Waals surface area contributed by atoms with Crippen LogP contribution >= 0.6 is 0 Å². The van der Waals surface area contributed by atoms with Gasteiger partial charge >= 0.3 is 0 Å². The second-order valence-electron chi connectivity index (χ2n) is 8.78. The summed E-state index contributed by atoms with van der Waals surface area (Å²) in [6.07, 6.45) is 6.85. The number of aromatic nitrogens is 4. The zero-order chi connectivity index (χ0) is 22.6. The molecular weight excluding hydrogens is 424 g/mol. The van der Waals surface area contributed by atoms with Crippen LogP contribution in [0.15, 0.2) is 79.3 Å². The first-order valence-electron chi connectivity index (χ1n) is 11.5. The molecule has 0 amide bonds. The Morgan fingerprint density at radius 1 is 0.882 bits per heavy atom. The highest BCUT2D eigenvalue weighted by Crippen LogP contribution is 2.39. The van der Waals surface area contributed by atoms with Crippen molar-refractivity contribution in [2.45, 2.75) is 26.6 Å². The van der Waals surface area contributed by atoms with Crippen LogP contribution in [0.3, 0.4) is 0 Å². The highest BCUT2D eigenvalue weighted by atomic mass is 16.5. The zero-order valence-corrected chi connectivity index (χ0v) is 18.7. The number of hydrogen-bond donors (Lipinski definition) is 0. The van der Waals surface area contributed by atoms with Gasteiger partial charge in [-0.3, -0.25) is 4.57 Å².